The first-order valence-corrected chi connectivity index (χ1v) is 9.78. The fourth-order valence-electron chi connectivity index (χ4n) is 4.98. The first kappa shape index (κ1) is 20.7. The van der Waals surface area contributed by atoms with Crippen molar-refractivity contribution >= 4 is 29.4 Å². The van der Waals surface area contributed by atoms with Crippen molar-refractivity contribution in [1.29, 1.82) is 0 Å². The smallest absolute Gasteiger partial charge is 0.338 e. The topological polar surface area (TPSA) is 93.2 Å². The van der Waals surface area contributed by atoms with Crippen LogP contribution in [0.4, 0.5) is 5.69 Å². The average Bonchev–Trinajstić information content (AvgIpc) is 3.22. The minimum Gasteiger partial charge on any atom is -0.467 e. The summed E-state index contributed by atoms with van der Waals surface area (Å²) in [5.41, 5.74) is -1.01. The van der Waals surface area contributed by atoms with Crippen molar-refractivity contribution in [3.05, 3.63) is 66.2 Å². The summed E-state index contributed by atoms with van der Waals surface area (Å²) in [6.07, 6.45) is 0. The molecule has 0 spiro atoms. The van der Waals surface area contributed by atoms with Gasteiger partial charge in [-0.15, -0.1) is 0 Å². The molecule has 31 heavy (non-hydrogen) atoms. The maximum atomic E-state index is 13.6. The Morgan fingerprint density at radius 3 is 1.87 bits per heavy atom. The van der Waals surface area contributed by atoms with Gasteiger partial charge in [-0.3, -0.25) is 14.5 Å². The maximum Gasteiger partial charge on any atom is 0.338 e. The Morgan fingerprint density at radius 2 is 1.35 bits per heavy atom. The molecule has 0 radical (unpaired) electrons. The highest BCUT2D eigenvalue weighted by Crippen LogP contribution is 2.55. The minimum atomic E-state index is -2.09. The number of para-hydroxylation sites is 1. The van der Waals surface area contributed by atoms with Crippen LogP contribution in [0.2, 0.25) is 0 Å². The zero-order valence-corrected chi connectivity index (χ0v) is 17.3. The standard InChI is InChI=1S/C23H22N2O6/c1-24-18(14-10-6-4-7-11-14)16-17(23(24,21(28)30-2)22(29)31-3)20(27)25(19(16)26)15-12-8-5-9-13-15/h4-13,16-18H,1-3H3/t16-,17-,18-/m0/s1. The van der Waals surface area contributed by atoms with Gasteiger partial charge in [-0.05, 0) is 24.7 Å². The van der Waals surface area contributed by atoms with Gasteiger partial charge in [0.2, 0.25) is 17.4 Å². The number of amides is 2. The number of ether oxygens (including phenoxy) is 2. The predicted octanol–water partition coefficient (Wildman–Crippen LogP) is 1.56. The van der Waals surface area contributed by atoms with Gasteiger partial charge in [-0.1, -0.05) is 48.5 Å². The van der Waals surface area contributed by atoms with Crippen LogP contribution < -0.4 is 4.90 Å². The predicted molar refractivity (Wildman–Crippen MR) is 110 cm³/mol. The van der Waals surface area contributed by atoms with Crippen molar-refractivity contribution in [3.63, 3.8) is 0 Å². The number of carbonyl (C=O) groups is 4. The summed E-state index contributed by atoms with van der Waals surface area (Å²) in [5.74, 6) is -5.26. The molecule has 2 aromatic rings. The van der Waals surface area contributed by atoms with E-state index in [1.54, 1.807) is 54.6 Å². The van der Waals surface area contributed by atoms with Crippen molar-refractivity contribution in [2.45, 2.75) is 11.6 Å². The molecule has 4 rings (SSSR count). The second kappa shape index (κ2) is 7.63. The van der Waals surface area contributed by atoms with E-state index in [1.807, 2.05) is 6.07 Å². The lowest BCUT2D eigenvalue weighted by Crippen LogP contribution is -2.62. The van der Waals surface area contributed by atoms with Crippen LogP contribution in [0.15, 0.2) is 60.7 Å². The fraction of sp³-hybridized carbons (Fsp3) is 0.304. The summed E-state index contributed by atoms with van der Waals surface area (Å²) < 4.78 is 9.97. The van der Waals surface area contributed by atoms with Crippen molar-refractivity contribution in [1.82, 2.24) is 4.90 Å². The summed E-state index contributed by atoms with van der Waals surface area (Å²) in [6.45, 7) is 0. The molecule has 8 heteroatoms. The summed E-state index contributed by atoms with van der Waals surface area (Å²) in [5, 5.41) is 0. The van der Waals surface area contributed by atoms with E-state index in [4.69, 9.17) is 9.47 Å². The van der Waals surface area contributed by atoms with E-state index in [-0.39, 0.29) is 0 Å². The van der Waals surface area contributed by atoms with Gasteiger partial charge in [0.25, 0.3) is 0 Å². The zero-order valence-electron chi connectivity index (χ0n) is 17.3. The Bertz CT molecular complexity index is 1020. The number of anilines is 1. The van der Waals surface area contributed by atoms with Crippen LogP contribution in [0.5, 0.6) is 0 Å². The Labute approximate surface area is 179 Å². The average molecular weight is 422 g/mol. The number of hydrogen-bond donors (Lipinski definition) is 0. The van der Waals surface area contributed by atoms with Crippen LogP contribution in [0, 0.1) is 11.8 Å². The van der Waals surface area contributed by atoms with Gasteiger partial charge in [-0.2, -0.15) is 0 Å². The SMILES string of the molecule is COC(=O)C1(C(=O)OC)[C@@H]2C(=O)N(c3ccccc3)C(=O)[C@@H]2[C@H](c2ccccc2)N1C. The number of likely N-dealkylation sites (tertiary alicyclic amines) is 1. The molecule has 2 saturated heterocycles. The molecule has 160 valence electrons. The lowest BCUT2D eigenvalue weighted by Gasteiger charge is -2.36. The van der Waals surface area contributed by atoms with E-state index in [1.165, 1.54) is 11.9 Å². The van der Waals surface area contributed by atoms with E-state index >= 15 is 0 Å². The molecular weight excluding hydrogens is 400 g/mol. The van der Waals surface area contributed by atoms with Gasteiger partial charge < -0.3 is 9.47 Å². The normalized spacial score (nSPS) is 24.7. The van der Waals surface area contributed by atoms with Gasteiger partial charge in [0.15, 0.2) is 0 Å². The van der Waals surface area contributed by atoms with E-state index in [2.05, 4.69) is 0 Å². The van der Waals surface area contributed by atoms with E-state index in [0.717, 1.165) is 19.1 Å². The number of likely N-dealkylation sites (N-methyl/N-ethyl adjacent to an activating group) is 1. The number of esters is 2. The number of imide groups is 1. The van der Waals surface area contributed by atoms with Gasteiger partial charge in [-0.25, -0.2) is 14.5 Å². The van der Waals surface area contributed by atoms with Crippen LogP contribution in [-0.2, 0) is 28.7 Å². The number of methoxy groups -OCH3 is 2. The molecule has 0 bridgehead atoms. The third-order valence-electron chi connectivity index (χ3n) is 6.26. The molecule has 2 fully saturated rings. The highest BCUT2D eigenvalue weighted by Gasteiger charge is 2.75. The lowest BCUT2D eigenvalue weighted by atomic mass is 9.79. The Hall–Kier alpha value is -3.52. The molecule has 8 nitrogen and oxygen atoms in total. The lowest BCUT2D eigenvalue weighted by molar-refractivity contribution is -0.174. The molecule has 3 atom stereocenters. The maximum absolute atomic E-state index is 13.6. The summed E-state index contributed by atoms with van der Waals surface area (Å²) >= 11 is 0. The van der Waals surface area contributed by atoms with Crippen LogP contribution in [-0.4, -0.2) is 55.5 Å². The molecule has 0 aliphatic carbocycles. The minimum absolute atomic E-state index is 0.380. The van der Waals surface area contributed by atoms with Crippen LogP contribution in [0.25, 0.3) is 0 Å². The highest BCUT2D eigenvalue weighted by atomic mass is 16.5. The first-order valence-electron chi connectivity index (χ1n) is 9.78. The summed E-state index contributed by atoms with van der Waals surface area (Å²) in [4.78, 5) is 56.0. The van der Waals surface area contributed by atoms with Crippen molar-refractivity contribution in [2.24, 2.45) is 11.8 Å². The van der Waals surface area contributed by atoms with Crippen molar-refractivity contribution in [2.75, 3.05) is 26.2 Å². The molecule has 2 heterocycles. The second-order valence-corrected chi connectivity index (χ2v) is 7.57. The molecule has 2 aliphatic rings. The van der Waals surface area contributed by atoms with E-state index in [9.17, 15) is 19.2 Å². The Balaban J connectivity index is 1.96. The van der Waals surface area contributed by atoms with Crippen molar-refractivity contribution < 1.29 is 28.7 Å². The van der Waals surface area contributed by atoms with Gasteiger partial charge >= 0.3 is 11.9 Å². The number of rotatable bonds is 4. The Kier molecular flexibility index (Phi) is 5.10. The van der Waals surface area contributed by atoms with E-state index < -0.39 is 47.2 Å². The van der Waals surface area contributed by atoms with Gasteiger partial charge in [0.1, 0.15) is 0 Å². The van der Waals surface area contributed by atoms with Crippen LogP contribution >= 0.6 is 0 Å². The quantitative estimate of drug-likeness (QED) is 0.419. The third-order valence-corrected chi connectivity index (χ3v) is 6.26. The monoisotopic (exact) mass is 422 g/mol. The largest absolute Gasteiger partial charge is 0.467 e. The van der Waals surface area contributed by atoms with E-state index in [0.29, 0.717) is 11.3 Å². The highest BCUT2D eigenvalue weighted by molar-refractivity contribution is 6.27. The van der Waals surface area contributed by atoms with Crippen molar-refractivity contribution in [3.8, 4) is 0 Å². The molecule has 2 aromatic carbocycles. The third kappa shape index (κ3) is 2.71. The molecule has 0 saturated carbocycles. The number of nitrogens with zero attached hydrogens (tertiary/aromatic N) is 2. The first-order chi connectivity index (χ1) is 14.9. The number of carbonyl (C=O) groups excluding carboxylic acids is 4. The molecule has 0 aromatic heterocycles. The molecular formula is C23H22N2O6. The van der Waals surface area contributed by atoms with Crippen LogP contribution in [0.1, 0.15) is 11.6 Å². The second-order valence-electron chi connectivity index (χ2n) is 7.57. The summed E-state index contributed by atoms with van der Waals surface area (Å²) in [6, 6.07) is 16.7. The van der Waals surface area contributed by atoms with Crippen LogP contribution in [0.3, 0.4) is 0 Å². The number of hydrogen-bond acceptors (Lipinski definition) is 7. The fourth-order valence-corrected chi connectivity index (χ4v) is 4.98. The molecule has 2 aliphatic heterocycles. The Morgan fingerprint density at radius 1 is 0.839 bits per heavy atom. The summed E-state index contributed by atoms with van der Waals surface area (Å²) in [7, 11) is 3.82. The number of benzene rings is 2. The number of fused-ring (bicyclic) bond motifs is 1. The van der Waals surface area contributed by atoms with Gasteiger partial charge in [0.05, 0.1) is 31.7 Å². The zero-order chi connectivity index (χ0) is 22.3. The molecule has 2 amide bonds. The molecule has 0 unspecified atom stereocenters. The van der Waals surface area contributed by atoms with Gasteiger partial charge in [0, 0.05) is 6.04 Å². The molecule has 0 N–H and O–H groups in total.